The molecule has 4 heteroatoms. The van der Waals surface area contributed by atoms with Crippen molar-refractivity contribution in [2.75, 3.05) is 0 Å². The Kier molecular flexibility index (Phi) is 3.20. The second-order valence-corrected chi connectivity index (χ2v) is 5.29. The number of hydrogen-bond acceptors (Lipinski definition) is 2. The monoisotopic (exact) mass is 249 g/mol. The zero-order valence-corrected chi connectivity index (χ0v) is 11.1. The first-order chi connectivity index (χ1) is 8.04. The van der Waals surface area contributed by atoms with Crippen molar-refractivity contribution in [1.29, 1.82) is 0 Å². The molecule has 90 valence electrons. The number of benzene rings is 1. The molecule has 2 rings (SSSR count). The molecule has 0 saturated carbocycles. The third-order valence-electron chi connectivity index (χ3n) is 2.71. The van der Waals surface area contributed by atoms with Gasteiger partial charge in [0.2, 0.25) is 0 Å². The molecule has 0 aliphatic heterocycles. The number of nitrogens with zero attached hydrogens (tertiary/aromatic N) is 3. The van der Waals surface area contributed by atoms with E-state index >= 15 is 0 Å². The zero-order chi connectivity index (χ0) is 12.5. The van der Waals surface area contributed by atoms with Gasteiger partial charge in [0, 0.05) is 0 Å². The smallest absolute Gasteiger partial charge is 0.152 e. The first kappa shape index (κ1) is 12.1. The molecule has 0 N–H and O–H groups in total. The van der Waals surface area contributed by atoms with Crippen molar-refractivity contribution >= 4 is 11.6 Å². The molecule has 0 atom stereocenters. The lowest BCUT2D eigenvalue weighted by molar-refractivity contribution is 0.585. The summed E-state index contributed by atoms with van der Waals surface area (Å²) >= 11 is 5.87. The second-order valence-electron chi connectivity index (χ2n) is 5.02. The summed E-state index contributed by atoms with van der Waals surface area (Å²) in [5.74, 6) is 1.13. The van der Waals surface area contributed by atoms with Gasteiger partial charge in [-0.2, -0.15) is 0 Å². The molecule has 1 aromatic heterocycles. The van der Waals surface area contributed by atoms with Crippen LogP contribution in [0, 0.1) is 0 Å². The summed E-state index contributed by atoms with van der Waals surface area (Å²) in [5, 5.41) is 7.94. The van der Waals surface area contributed by atoms with Gasteiger partial charge in [-0.1, -0.05) is 39.0 Å². The number of halogens is 1. The fraction of sp³-hybridized carbons (Fsp3) is 0.385. The molecule has 0 fully saturated rings. The van der Waals surface area contributed by atoms with Crippen LogP contribution in [-0.2, 0) is 11.3 Å². The highest BCUT2D eigenvalue weighted by Gasteiger charge is 2.19. The minimum Gasteiger partial charge on any atom is -0.284 e. The van der Waals surface area contributed by atoms with Crippen LogP contribution in [0.3, 0.4) is 0 Å². The molecular weight excluding hydrogens is 234 g/mol. The van der Waals surface area contributed by atoms with Crippen LogP contribution in [0.1, 0.15) is 32.2 Å². The van der Waals surface area contributed by atoms with Gasteiger partial charge in [0.15, 0.2) is 5.82 Å². The van der Waals surface area contributed by atoms with Crippen LogP contribution >= 0.6 is 11.6 Å². The summed E-state index contributed by atoms with van der Waals surface area (Å²) in [4.78, 5) is 0. The van der Waals surface area contributed by atoms with Crippen molar-refractivity contribution in [3.63, 3.8) is 0 Å². The fourth-order valence-electron chi connectivity index (χ4n) is 1.87. The Morgan fingerprint density at radius 3 is 2.59 bits per heavy atom. The Morgan fingerprint density at radius 1 is 1.24 bits per heavy atom. The highest BCUT2D eigenvalue weighted by molar-refractivity contribution is 6.16. The number of alkyl halides is 1. The van der Waals surface area contributed by atoms with Gasteiger partial charge in [0.1, 0.15) is 6.33 Å². The highest BCUT2D eigenvalue weighted by Crippen LogP contribution is 2.28. The van der Waals surface area contributed by atoms with Gasteiger partial charge in [-0.25, -0.2) is 0 Å². The van der Waals surface area contributed by atoms with Crippen molar-refractivity contribution in [2.24, 2.45) is 0 Å². The van der Waals surface area contributed by atoms with E-state index in [0.717, 1.165) is 11.5 Å². The molecule has 17 heavy (non-hydrogen) atoms. The SMILES string of the molecule is CC(C)(C)c1ccccc1-n1cnnc1CCl. The molecule has 2 aromatic rings. The lowest BCUT2D eigenvalue weighted by atomic mass is 9.86. The van der Waals surface area contributed by atoms with Gasteiger partial charge in [-0.15, -0.1) is 21.8 Å². The number of rotatable bonds is 2. The summed E-state index contributed by atoms with van der Waals surface area (Å²) in [7, 11) is 0. The molecule has 0 radical (unpaired) electrons. The Balaban J connectivity index is 2.60. The molecular formula is C13H16ClN3. The molecule has 0 saturated heterocycles. The van der Waals surface area contributed by atoms with E-state index in [2.05, 4.69) is 49.2 Å². The standard InChI is InChI=1S/C13H16ClN3/c1-13(2,3)10-6-4-5-7-11(10)17-9-15-16-12(17)8-14/h4-7,9H,8H2,1-3H3. The predicted octanol–water partition coefficient (Wildman–Crippen LogP) is 3.30. The van der Waals surface area contributed by atoms with E-state index in [1.165, 1.54) is 5.56 Å². The van der Waals surface area contributed by atoms with Crippen LogP contribution in [0.15, 0.2) is 30.6 Å². The van der Waals surface area contributed by atoms with E-state index in [9.17, 15) is 0 Å². The zero-order valence-electron chi connectivity index (χ0n) is 10.3. The summed E-state index contributed by atoms with van der Waals surface area (Å²) in [6.45, 7) is 6.57. The Bertz CT molecular complexity index is 511. The van der Waals surface area contributed by atoms with E-state index in [-0.39, 0.29) is 5.41 Å². The second kappa shape index (κ2) is 4.49. The molecule has 0 spiro atoms. The van der Waals surface area contributed by atoms with Crippen LogP contribution < -0.4 is 0 Å². The summed E-state index contributed by atoms with van der Waals surface area (Å²) in [6.07, 6.45) is 1.71. The van der Waals surface area contributed by atoms with Gasteiger partial charge < -0.3 is 0 Å². The topological polar surface area (TPSA) is 30.7 Å². The first-order valence-electron chi connectivity index (χ1n) is 5.59. The van der Waals surface area contributed by atoms with E-state index in [1.54, 1.807) is 6.33 Å². The van der Waals surface area contributed by atoms with E-state index in [4.69, 9.17) is 11.6 Å². The summed E-state index contributed by atoms with van der Waals surface area (Å²) in [6, 6.07) is 8.27. The average Bonchev–Trinajstić information content (AvgIpc) is 2.75. The Hall–Kier alpha value is -1.35. The number of hydrogen-bond donors (Lipinski definition) is 0. The predicted molar refractivity (Wildman–Crippen MR) is 69.6 cm³/mol. The maximum atomic E-state index is 5.87. The minimum absolute atomic E-state index is 0.0739. The fourth-order valence-corrected chi connectivity index (χ4v) is 2.05. The molecule has 0 aliphatic carbocycles. The normalized spacial score (nSPS) is 11.8. The Morgan fingerprint density at radius 2 is 1.94 bits per heavy atom. The van der Waals surface area contributed by atoms with Crippen molar-refractivity contribution in [1.82, 2.24) is 14.8 Å². The van der Waals surface area contributed by atoms with Crippen molar-refractivity contribution in [3.8, 4) is 5.69 Å². The largest absolute Gasteiger partial charge is 0.284 e. The third kappa shape index (κ3) is 2.34. The van der Waals surface area contributed by atoms with Crippen LogP contribution in [0.2, 0.25) is 0 Å². The minimum atomic E-state index is 0.0739. The lowest BCUT2D eigenvalue weighted by Crippen LogP contribution is -2.15. The molecule has 3 nitrogen and oxygen atoms in total. The first-order valence-corrected chi connectivity index (χ1v) is 6.12. The molecule has 0 bridgehead atoms. The van der Waals surface area contributed by atoms with Crippen molar-refractivity contribution < 1.29 is 0 Å². The summed E-state index contributed by atoms with van der Waals surface area (Å²) in [5.41, 5.74) is 2.43. The van der Waals surface area contributed by atoms with Crippen molar-refractivity contribution in [2.45, 2.75) is 32.1 Å². The van der Waals surface area contributed by atoms with Crippen LogP contribution in [0.4, 0.5) is 0 Å². The third-order valence-corrected chi connectivity index (χ3v) is 2.95. The van der Waals surface area contributed by atoms with Gasteiger partial charge in [0.05, 0.1) is 11.6 Å². The number of para-hydroxylation sites is 1. The van der Waals surface area contributed by atoms with Gasteiger partial charge in [0.25, 0.3) is 0 Å². The highest BCUT2D eigenvalue weighted by atomic mass is 35.5. The van der Waals surface area contributed by atoms with Crippen LogP contribution in [-0.4, -0.2) is 14.8 Å². The van der Waals surface area contributed by atoms with Crippen LogP contribution in [0.5, 0.6) is 0 Å². The lowest BCUT2D eigenvalue weighted by Gasteiger charge is -2.23. The molecule has 0 amide bonds. The van der Waals surface area contributed by atoms with E-state index in [0.29, 0.717) is 5.88 Å². The van der Waals surface area contributed by atoms with Gasteiger partial charge >= 0.3 is 0 Å². The van der Waals surface area contributed by atoms with E-state index < -0.39 is 0 Å². The summed E-state index contributed by atoms with van der Waals surface area (Å²) < 4.78 is 1.95. The molecule has 0 aliphatic rings. The maximum absolute atomic E-state index is 5.87. The Labute approximate surface area is 106 Å². The molecule has 0 unspecified atom stereocenters. The van der Waals surface area contributed by atoms with Gasteiger partial charge in [-0.3, -0.25) is 4.57 Å². The quantitative estimate of drug-likeness (QED) is 0.765. The van der Waals surface area contributed by atoms with Crippen molar-refractivity contribution in [3.05, 3.63) is 42.0 Å². The molecule has 1 heterocycles. The van der Waals surface area contributed by atoms with Gasteiger partial charge in [-0.05, 0) is 17.0 Å². The number of aromatic nitrogens is 3. The van der Waals surface area contributed by atoms with E-state index in [1.807, 2.05) is 10.6 Å². The molecule has 1 aromatic carbocycles. The maximum Gasteiger partial charge on any atom is 0.152 e. The average molecular weight is 250 g/mol. The van der Waals surface area contributed by atoms with Crippen LogP contribution in [0.25, 0.3) is 5.69 Å².